The third-order valence-electron chi connectivity index (χ3n) is 6.45. The smallest absolute Gasteiger partial charge is 0.158 e. The Hall–Kier alpha value is -1.98. The van der Waals surface area contributed by atoms with Crippen LogP contribution in [0.1, 0.15) is 56.5 Å². The van der Waals surface area contributed by atoms with E-state index in [0.717, 1.165) is 45.2 Å². The zero-order chi connectivity index (χ0) is 20.6. The molecule has 1 aliphatic carbocycles. The van der Waals surface area contributed by atoms with Crippen LogP contribution < -0.4 is 5.43 Å². The molecule has 4 nitrogen and oxygen atoms in total. The van der Waals surface area contributed by atoms with Crippen LogP contribution in [0.15, 0.2) is 35.7 Å². The lowest BCUT2D eigenvalue weighted by molar-refractivity contribution is 0.184. The van der Waals surface area contributed by atoms with Gasteiger partial charge in [0.15, 0.2) is 5.82 Å². The summed E-state index contributed by atoms with van der Waals surface area (Å²) >= 11 is 7.80. The molecule has 2 aromatic heterocycles. The molecule has 6 heteroatoms. The second-order valence-corrected chi connectivity index (χ2v) is 10.0. The molecule has 1 unspecified atom stereocenters. The van der Waals surface area contributed by atoms with Crippen molar-refractivity contribution in [1.82, 2.24) is 9.97 Å². The fourth-order valence-electron chi connectivity index (χ4n) is 4.04. The summed E-state index contributed by atoms with van der Waals surface area (Å²) in [7, 11) is 0. The van der Waals surface area contributed by atoms with Crippen molar-refractivity contribution in [2.75, 3.05) is 5.43 Å². The first kappa shape index (κ1) is 20.3. The topological polar surface area (TPSA) is 50.2 Å². The number of hydrogen-bond acceptors (Lipinski definition) is 5. The molecule has 0 saturated carbocycles. The first-order valence-electron chi connectivity index (χ1n) is 10.2. The van der Waals surface area contributed by atoms with Gasteiger partial charge in [-0.05, 0) is 60.8 Å². The molecule has 1 aliphatic rings. The fourth-order valence-corrected chi connectivity index (χ4v) is 5.35. The SMILES string of the molecule is CCC(C)(C)C1CCc2sc3ncnc(N/N=C(/C)c4ccc(Cl)cc4)c3c2C1. The van der Waals surface area contributed by atoms with Gasteiger partial charge in [-0.3, -0.25) is 5.43 Å². The van der Waals surface area contributed by atoms with Crippen LogP contribution in [0.25, 0.3) is 10.2 Å². The summed E-state index contributed by atoms with van der Waals surface area (Å²) < 4.78 is 0. The molecule has 152 valence electrons. The predicted octanol–water partition coefficient (Wildman–Crippen LogP) is 6.72. The molecular weight excluding hydrogens is 400 g/mol. The van der Waals surface area contributed by atoms with E-state index in [4.69, 9.17) is 11.6 Å². The van der Waals surface area contributed by atoms with Crippen molar-refractivity contribution < 1.29 is 0 Å². The van der Waals surface area contributed by atoms with Crippen LogP contribution in [-0.4, -0.2) is 15.7 Å². The Bertz CT molecular complexity index is 1050. The zero-order valence-corrected chi connectivity index (χ0v) is 19.0. The van der Waals surface area contributed by atoms with Crippen LogP contribution >= 0.6 is 22.9 Å². The number of nitrogens with one attached hydrogen (secondary N) is 1. The number of aryl methyl sites for hydroxylation is 1. The van der Waals surface area contributed by atoms with Crippen molar-refractivity contribution in [1.29, 1.82) is 0 Å². The second-order valence-electron chi connectivity index (χ2n) is 8.50. The zero-order valence-electron chi connectivity index (χ0n) is 17.4. The lowest BCUT2D eigenvalue weighted by Crippen LogP contribution is -2.28. The van der Waals surface area contributed by atoms with Crippen molar-refractivity contribution in [3.63, 3.8) is 0 Å². The molecular formula is C23H27ClN4S. The number of thiophene rings is 1. The first-order chi connectivity index (χ1) is 13.9. The summed E-state index contributed by atoms with van der Waals surface area (Å²) in [5.41, 5.74) is 6.91. The predicted molar refractivity (Wildman–Crippen MR) is 124 cm³/mol. The highest BCUT2D eigenvalue weighted by atomic mass is 35.5. The lowest BCUT2D eigenvalue weighted by Gasteiger charge is -2.36. The van der Waals surface area contributed by atoms with Crippen LogP contribution in [0, 0.1) is 11.3 Å². The number of benzene rings is 1. The maximum Gasteiger partial charge on any atom is 0.158 e. The molecule has 1 atom stereocenters. The van der Waals surface area contributed by atoms with Gasteiger partial charge < -0.3 is 0 Å². The van der Waals surface area contributed by atoms with E-state index in [2.05, 4.69) is 41.3 Å². The van der Waals surface area contributed by atoms with Gasteiger partial charge in [0.25, 0.3) is 0 Å². The largest absolute Gasteiger partial charge is 0.260 e. The highest BCUT2D eigenvalue weighted by Crippen LogP contribution is 2.45. The van der Waals surface area contributed by atoms with Crippen molar-refractivity contribution in [3.05, 3.63) is 51.6 Å². The maximum atomic E-state index is 5.99. The van der Waals surface area contributed by atoms with Crippen LogP contribution in [0.4, 0.5) is 5.82 Å². The van der Waals surface area contributed by atoms with Crippen LogP contribution in [-0.2, 0) is 12.8 Å². The molecule has 1 N–H and O–H groups in total. The van der Waals surface area contributed by atoms with Crippen LogP contribution in [0.5, 0.6) is 0 Å². The third kappa shape index (κ3) is 4.03. The van der Waals surface area contributed by atoms with Gasteiger partial charge in [0.2, 0.25) is 0 Å². The summed E-state index contributed by atoms with van der Waals surface area (Å²) in [6.07, 6.45) is 6.31. The Morgan fingerprint density at radius 2 is 2.03 bits per heavy atom. The van der Waals surface area contributed by atoms with Crippen molar-refractivity contribution in [2.45, 2.75) is 53.4 Å². The number of nitrogens with zero attached hydrogens (tertiary/aromatic N) is 3. The normalized spacial score (nSPS) is 17.4. The molecule has 0 aliphatic heterocycles. The molecule has 0 spiro atoms. The fraction of sp³-hybridized carbons (Fsp3) is 0.435. The number of anilines is 1. The summed E-state index contributed by atoms with van der Waals surface area (Å²) in [6.45, 7) is 9.07. The minimum absolute atomic E-state index is 0.346. The maximum absolute atomic E-state index is 5.99. The van der Waals surface area contributed by atoms with Gasteiger partial charge in [-0.15, -0.1) is 11.3 Å². The van der Waals surface area contributed by atoms with Gasteiger partial charge in [0, 0.05) is 9.90 Å². The van der Waals surface area contributed by atoms with Gasteiger partial charge in [0.05, 0.1) is 11.1 Å². The average Bonchev–Trinajstić information content (AvgIpc) is 3.11. The molecule has 0 radical (unpaired) electrons. The van der Waals surface area contributed by atoms with E-state index in [1.807, 2.05) is 42.5 Å². The number of hydrogen-bond donors (Lipinski definition) is 1. The molecule has 2 heterocycles. The number of hydrazone groups is 1. The van der Waals surface area contributed by atoms with E-state index in [1.165, 1.54) is 23.3 Å². The number of aromatic nitrogens is 2. The minimum atomic E-state index is 0.346. The quantitative estimate of drug-likeness (QED) is 0.363. The summed E-state index contributed by atoms with van der Waals surface area (Å²) in [5, 5.41) is 6.47. The van der Waals surface area contributed by atoms with Crippen molar-refractivity contribution in [2.24, 2.45) is 16.4 Å². The average molecular weight is 427 g/mol. The van der Waals surface area contributed by atoms with Gasteiger partial charge in [-0.2, -0.15) is 5.10 Å². The highest BCUT2D eigenvalue weighted by Gasteiger charge is 2.33. The Labute approximate surface area is 181 Å². The molecule has 0 saturated heterocycles. The Morgan fingerprint density at radius 3 is 2.76 bits per heavy atom. The molecule has 0 fully saturated rings. The molecule has 3 aromatic rings. The van der Waals surface area contributed by atoms with Gasteiger partial charge >= 0.3 is 0 Å². The van der Waals surface area contributed by atoms with Gasteiger partial charge in [-0.25, -0.2) is 9.97 Å². The van der Waals surface area contributed by atoms with E-state index in [-0.39, 0.29) is 0 Å². The van der Waals surface area contributed by atoms with Gasteiger partial charge in [0.1, 0.15) is 11.2 Å². The standard InChI is InChI=1S/C23H27ClN4S/c1-5-23(3,4)16-8-11-19-18(12-16)20-21(25-13-26-22(20)29-19)28-27-14(2)15-6-9-17(24)10-7-15/h6-7,9-10,13,16H,5,8,11-12H2,1-4H3,(H,25,26,28)/b27-14-. The second kappa shape index (κ2) is 8.04. The molecule has 4 rings (SSSR count). The summed E-state index contributed by atoms with van der Waals surface area (Å²) in [5.74, 6) is 1.49. The van der Waals surface area contributed by atoms with Crippen LogP contribution in [0.2, 0.25) is 5.02 Å². The number of halogens is 1. The summed E-state index contributed by atoms with van der Waals surface area (Å²) in [6, 6.07) is 7.71. The number of fused-ring (bicyclic) bond motifs is 3. The number of rotatable bonds is 5. The van der Waals surface area contributed by atoms with E-state index in [1.54, 1.807) is 6.33 Å². The van der Waals surface area contributed by atoms with E-state index < -0.39 is 0 Å². The highest BCUT2D eigenvalue weighted by molar-refractivity contribution is 7.19. The van der Waals surface area contributed by atoms with E-state index >= 15 is 0 Å². The lowest BCUT2D eigenvalue weighted by atomic mass is 9.69. The van der Waals surface area contributed by atoms with Crippen LogP contribution in [0.3, 0.4) is 0 Å². The minimum Gasteiger partial charge on any atom is -0.260 e. The third-order valence-corrected chi connectivity index (χ3v) is 7.90. The molecule has 1 aromatic carbocycles. The van der Waals surface area contributed by atoms with Crippen molar-refractivity contribution in [3.8, 4) is 0 Å². The Kier molecular flexibility index (Phi) is 5.63. The Balaban J connectivity index is 1.67. The first-order valence-corrected chi connectivity index (χ1v) is 11.4. The molecule has 0 amide bonds. The monoisotopic (exact) mass is 426 g/mol. The van der Waals surface area contributed by atoms with Gasteiger partial charge in [-0.1, -0.05) is 50.9 Å². The van der Waals surface area contributed by atoms with E-state index in [0.29, 0.717) is 11.3 Å². The Morgan fingerprint density at radius 1 is 1.28 bits per heavy atom. The van der Waals surface area contributed by atoms with E-state index in [9.17, 15) is 0 Å². The van der Waals surface area contributed by atoms with Crippen molar-refractivity contribution >= 4 is 44.7 Å². The molecule has 29 heavy (non-hydrogen) atoms. The summed E-state index contributed by atoms with van der Waals surface area (Å²) in [4.78, 5) is 11.6. The molecule has 0 bridgehead atoms.